The minimum Gasteiger partial charge on any atom is -0.507 e. The van der Waals surface area contributed by atoms with E-state index in [4.69, 9.17) is 10.1 Å². The van der Waals surface area contributed by atoms with Crippen molar-refractivity contribution in [3.63, 3.8) is 0 Å². The van der Waals surface area contributed by atoms with Gasteiger partial charge in [0.05, 0.1) is 18.0 Å². The summed E-state index contributed by atoms with van der Waals surface area (Å²) in [5, 5.41) is 29.1. The highest BCUT2D eigenvalue weighted by molar-refractivity contribution is 8.14. The van der Waals surface area contributed by atoms with E-state index in [1.165, 1.54) is 0 Å². The van der Waals surface area contributed by atoms with E-state index in [9.17, 15) is 15.0 Å². The number of aromatic hydroxyl groups is 1. The Hall–Kier alpha value is -1.66. The highest BCUT2D eigenvalue weighted by Crippen LogP contribution is 2.37. The van der Waals surface area contributed by atoms with Gasteiger partial charge in [-0.15, -0.1) is 23.5 Å². The molecule has 0 radical (unpaired) electrons. The number of carboxylic acids is 1. The quantitative estimate of drug-likeness (QED) is 0.668. The number of hydrogen-bond acceptors (Lipinski definition) is 7. The number of phenols is 1. The zero-order valence-corrected chi connectivity index (χ0v) is 15.9. The first-order chi connectivity index (χ1) is 12.5. The third-order valence-electron chi connectivity index (χ3n) is 4.30. The molecule has 6 nitrogen and oxygen atoms in total. The second-order valence-electron chi connectivity index (χ2n) is 6.06. The lowest BCUT2D eigenvalue weighted by Crippen LogP contribution is -2.42. The van der Waals surface area contributed by atoms with Crippen LogP contribution in [0.3, 0.4) is 0 Å². The molecule has 138 valence electrons. The number of likely N-dealkylation sites (N-methyl/N-ethyl adjacent to an activating group) is 1. The van der Waals surface area contributed by atoms with Crippen LogP contribution in [0.2, 0.25) is 0 Å². The van der Waals surface area contributed by atoms with Crippen LogP contribution in [0, 0.1) is 11.8 Å². The molecule has 3 rings (SSSR count). The fourth-order valence-electron chi connectivity index (χ4n) is 2.92. The predicted octanol–water partition coefficient (Wildman–Crippen LogP) is 1.45. The van der Waals surface area contributed by atoms with Gasteiger partial charge in [0.15, 0.2) is 0 Å². The lowest BCUT2D eigenvalue weighted by Gasteiger charge is -2.24. The van der Waals surface area contributed by atoms with Crippen LogP contribution in [0.1, 0.15) is 17.5 Å². The number of thioether (sulfide) groups is 2. The molecule has 1 aromatic rings. The highest BCUT2D eigenvalue weighted by Gasteiger charge is 2.41. The topological polar surface area (TPSA) is 93.4 Å². The zero-order valence-electron chi connectivity index (χ0n) is 14.3. The lowest BCUT2D eigenvalue weighted by atomic mass is 10.1. The van der Waals surface area contributed by atoms with Gasteiger partial charge in [0.1, 0.15) is 16.8 Å². The van der Waals surface area contributed by atoms with E-state index < -0.39 is 12.0 Å². The summed E-state index contributed by atoms with van der Waals surface area (Å²) in [6.45, 7) is 0.0199. The summed E-state index contributed by atoms with van der Waals surface area (Å²) in [7, 11) is 1.83. The van der Waals surface area contributed by atoms with Crippen molar-refractivity contribution in [1.82, 2.24) is 4.90 Å². The van der Waals surface area contributed by atoms with E-state index in [1.54, 1.807) is 41.7 Å². The molecular weight excluding hydrogens is 372 g/mol. The molecule has 8 heteroatoms. The molecular formula is C18H20N2O4S2. The molecule has 2 aliphatic heterocycles. The Balaban J connectivity index is 1.79. The highest BCUT2D eigenvalue weighted by atomic mass is 32.2. The molecule has 0 unspecified atom stereocenters. The maximum absolute atomic E-state index is 11.3. The van der Waals surface area contributed by atoms with Crippen molar-refractivity contribution in [3.8, 4) is 17.6 Å². The smallest absolute Gasteiger partial charge is 0.321 e. The van der Waals surface area contributed by atoms with E-state index in [0.717, 1.165) is 16.4 Å². The van der Waals surface area contributed by atoms with E-state index in [-0.39, 0.29) is 23.8 Å². The maximum atomic E-state index is 11.3. The van der Waals surface area contributed by atoms with Gasteiger partial charge in [-0.25, -0.2) is 0 Å². The standard InChI is InChI=1S/C18H20N2O4S2/c1-20-14(18(23)24)10-26-17(20)13-9-25-16(19-13)12-8-11(4-2-3-7-21)5-6-15(12)22/h5-6,8,13-14,17,21-22H,3,7,9-10H2,1H3,(H,23,24)/t13-,14+,17+/m1/s1. The lowest BCUT2D eigenvalue weighted by molar-refractivity contribution is -0.141. The van der Waals surface area contributed by atoms with Gasteiger partial charge in [-0.2, -0.15) is 0 Å². The first kappa shape index (κ1) is 19.1. The number of benzene rings is 1. The van der Waals surface area contributed by atoms with Gasteiger partial charge in [0.25, 0.3) is 0 Å². The predicted molar refractivity (Wildman–Crippen MR) is 105 cm³/mol. The van der Waals surface area contributed by atoms with Gasteiger partial charge in [-0.3, -0.25) is 14.7 Å². The summed E-state index contributed by atoms with van der Waals surface area (Å²) in [6.07, 6.45) is 0.407. The molecule has 3 N–H and O–H groups in total. The van der Waals surface area contributed by atoms with Crippen molar-refractivity contribution in [2.45, 2.75) is 23.9 Å². The van der Waals surface area contributed by atoms with Crippen molar-refractivity contribution < 1.29 is 20.1 Å². The molecule has 0 saturated carbocycles. The molecule has 3 atom stereocenters. The van der Waals surface area contributed by atoms with Crippen LogP contribution in [-0.4, -0.2) is 73.9 Å². The molecule has 0 aromatic heterocycles. The molecule has 0 amide bonds. The molecule has 1 saturated heterocycles. The summed E-state index contributed by atoms with van der Waals surface area (Å²) in [4.78, 5) is 17.9. The number of aliphatic hydroxyl groups is 1. The van der Waals surface area contributed by atoms with Crippen LogP contribution < -0.4 is 0 Å². The molecule has 2 heterocycles. The van der Waals surface area contributed by atoms with Gasteiger partial charge in [0, 0.05) is 29.1 Å². The summed E-state index contributed by atoms with van der Waals surface area (Å²) >= 11 is 3.19. The second-order valence-corrected chi connectivity index (χ2v) is 8.22. The average Bonchev–Trinajstić information content (AvgIpc) is 3.23. The Morgan fingerprint density at radius 3 is 2.92 bits per heavy atom. The van der Waals surface area contributed by atoms with E-state index >= 15 is 0 Å². The van der Waals surface area contributed by atoms with E-state index in [1.807, 2.05) is 11.9 Å². The molecule has 26 heavy (non-hydrogen) atoms. The first-order valence-corrected chi connectivity index (χ1v) is 10.2. The number of rotatable bonds is 4. The Morgan fingerprint density at radius 2 is 2.23 bits per heavy atom. The Labute approximate surface area is 160 Å². The van der Waals surface area contributed by atoms with Crippen molar-refractivity contribution in [1.29, 1.82) is 0 Å². The average molecular weight is 393 g/mol. The minimum atomic E-state index is -0.802. The Morgan fingerprint density at radius 1 is 1.42 bits per heavy atom. The summed E-state index contributed by atoms with van der Waals surface area (Å²) in [5.41, 5.74) is 1.41. The van der Waals surface area contributed by atoms with Gasteiger partial charge in [-0.05, 0) is 25.2 Å². The molecule has 0 spiro atoms. The number of aliphatic carboxylic acids is 1. The third kappa shape index (κ3) is 4.01. The van der Waals surface area contributed by atoms with Crippen LogP contribution >= 0.6 is 23.5 Å². The normalized spacial score (nSPS) is 25.6. The minimum absolute atomic E-state index is 0.0159. The van der Waals surface area contributed by atoms with Crippen molar-refractivity contribution in [2.24, 2.45) is 4.99 Å². The van der Waals surface area contributed by atoms with Crippen LogP contribution in [-0.2, 0) is 4.79 Å². The van der Waals surface area contributed by atoms with E-state index in [2.05, 4.69) is 11.8 Å². The molecule has 1 fully saturated rings. The third-order valence-corrected chi connectivity index (χ3v) is 6.91. The molecule has 2 aliphatic rings. The number of aliphatic hydroxyl groups excluding tert-OH is 1. The van der Waals surface area contributed by atoms with Gasteiger partial charge < -0.3 is 15.3 Å². The number of phenolic OH excluding ortho intramolecular Hbond substituents is 1. The number of carboxylic acid groups (broad SMARTS) is 1. The summed E-state index contributed by atoms with van der Waals surface area (Å²) in [5.74, 6) is 6.50. The fourth-order valence-corrected chi connectivity index (χ4v) is 5.67. The van der Waals surface area contributed by atoms with Gasteiger partial charge >= 0.3 is 5.97 Å². The molecule has 1 aromatic carbocycles. The fraction of sp³-hybridized carbons (Fsp3) is 0.444. The largest absolute Gasteiger partial charge is 0.507 e. The first-order valence-electron chi connectivity index (χ1n) is 8.21. The van der Waals surface area contributed by atoms with Gasteiger partial charge in [-0.1, -0.05) is 11.8 Å². The Kier molecular flexibility index (Phi) is 6.14. The van der Waals surface area contributed by atoms with Crippen molar-refractivity contribution in [3.05, 3.63) is 29.3 Å². The van der Waals surface area contributed by atoms with Crippen molar-refractivity contribution >= 4 is 34.5 Å². The number of hydrogen-bond donors (Lipinski definition) is 3. The molecule has 0 aliphatic carbocycles. The van der Waals surface area contributed by atoms with Gasteiger partial charge in [0.2, 0.25) is 0 Å². The van der Waals surface area contributed by atoms with E-state index in [0.29, 0.717) is 17.7 Å². The van der Waals surface area contributed by atoms with Crippen LogP contribution in [0.15, 0.2) is 23.2 Å². The number of carbonyl (C=O) groups is 1. The van der Waals surface area contributed by atoms with Crippen LogP contribution in [0.25, 0.3) is 0 Å². The second kappa shape index (κ2) is 8.35. The van der Waals surface area contributed by atoms with Crippen LogP contribution in [0.4, 0.5) is 0 Å². The summed E-state index contributed by atoms with van der Waals surface area (Å²) < 4.78 is 0. The SMILES string of the molecule is CN1[C@H](C(=O)O)CS[C@H]1[C@H]1CSC(c2cc(C#CCCO)ccc2O)=N1. The van der Waals surface area contributed by atoms with Crippen molar-refractivity contribution in [2.75, 3.05) is 25.2 Å². The van der Waals surface area contributed by atoms with Crippen LogP contribution in [0.5, 0.6) is 5.75 Å². The zero-order chi connectivity index (χ0) is 18.7. The maximum Gasteiger partial charge on any atom is 0.321 e. The molecule has 0 bridgehead atoms. The Bertz CT molecular complexity index is 787. The number of nitrogens with zero attached hydrogens (tertiary/aromatic N) is 2. The summed E-state index contributed by atoms with van der Waals surface area (Å²) in [6, 6.07) is 4.65. The number of aliphatic imine (C=N–C) groups is 1. The monoisotopic (exact) mass is 392 g/mol.